The maximum atomic E-state index is 6.29. The van der Waals surface area contributed by atoms with Crippen LogP contribution in [0.25, 0.3) is 0 Å². The first-order valence-electron chi connectivity index (χ1n) is 7.31. The quantitative estimate of drug-likeness (QED) is 0.748. The first-order chi connectivity index (χ1) is 9.15. The van der Waals surface area contributed by atoms with Crippen LogP contribution in [0.1, 0.15) is 44.6 Å². The largest absolute Gasteiger partial charge is 0.487 e. The maximum Gasteiger partial charge on any atom is 0.120 e. The van der Waals surface area contributed by atoms with Crippen molar-refractivity contribution in [3.63, 3.8) is 0 Å². The number of hydrogen-bond donors (Lipinski definition) is 1. The van der Waals surface area contributed by atoms with Crippen LogP contribution in [0, 0.1) is 6.92 Å². The molecule has 0 bridgehead atoms. The van der Waals surface area contributed by atoms with E-state index >= 15 is 0 Å². The van der Waals surface area contributed by atoms with Crippen molar-refractivity contribution in [2.24, 2.45) is 0 Å². The highest BCUT2D eigenvalue weighted by Crippen LogP contribution is 2.39. The lowest BCUT2D eigenvalue weighted by atomic mass is 9.77. The van der Waals surface area contributed by atoms with Gasteiger partial charge in [0.2, 0.25) is 0 Å². The minimum Gasteiger partial charge on any atom is -0.487 e. The Labute approximate surface area is 125 Å². The van der Waals surface area contributed by atoms with Gasteiger partial charge in [0.05, 0.1) is 0 Å². The number of ether oxygens (including phenoxy) is 1. The van der Waals surface area contributed by atoms with Gasteiger partial charge in [0, 0.05) is 4.47 Å². The molecule has 0 saturated heterocycles. The van der Waals surface area contributed by atoms with Gasteiger partial charge >= 0.3 is 0 Å². The fraction of sp³-hybridized carbons (Fsp3) is 0.625. The van der Waals surface area contributed by atoms with E-state index in [9.17, 15) is 0 Å². The van der Waals surface area contributed by atoms with Gasteiger partial charge in [-0.25, -0.2) is 0 Å². The Kier molecular flexibility index (Phi) is 5.28. The van der Waals surface area contributed by atoms with Crippen LogP contribution in [0.2, 0.25) is 0 Å². The zero-order valence-corrected chi connectivity index (χ0v) is 13.6. The minimum absolute atomic E-state index is 0.0843. The third kappa shape index (κ3) is 3.96. The molecule has 0 radical (unpaired) electrons. The summed E-state index contributed by atoms with van der Waals surface area (Å²) in [7, 11) is 0. The fourth-order valence-corrected chi connectivity index (χ4v) is 2.77. The Hall–Kier alpha value is -0.540. The molecule has 106 valence electrons. The summed E-state index contributed by atoms with van der Waals surface area (Å²) < 4.78 is 7.44. The summed E-state index contributed by atoms with van der Waals surface area (Å²) >= 11 is 3.53. The maximum absolute atomic E-state index is 6.29. The molecule has 3 heteroatoms. The van der Waals surface area contributed by atoms with Crippen LogP contribution >= 0.6 is 15.9 Å². The highest BCUT2D eigenvalue weighted by Gasteiger charge is 2.38. The summed E-state index contributed by atoms with van der Waals surface area (Å²) in [5.74, 6) is 1.01. The molecular weight excluding hydrogens is 302 g/mol. The van der Waals surface area contributed by atoms with Crippen LogP contribution in [-0.4, -0.2) is 18.7 Å². The lowest BCUT2D eigenvalue weighted by Crippen LogP contribution is -2.45. The molecule has 0 unspecified atom stereocenters. The van der Waals surface area contributed by atoms with Crippen molar-refractivity contribution in [2.45, 2.75) is 51.6 Å². The predicted octanol–water partition coefficient (Wildman–Crippen LogP) is 4.45. The Morgan fingerprint density at radius 1 is 1.32 bits per heavy atom. The third-order valence-electron chi connectivity index (χ3n) is 3.91. The molecule has 1 aromatic carbocycles. The SMILES string of the molecule is CCCNCCC1(Oc2ccc(Br)c(C)c2)CCC1. The van der Waals surface area contributed by atoms with Crippen LogP contribution in [0.15, 0.2) is 22.7 Å². The number of rotatable bonds is 7. The number of halogens is 1. The molecule has 1 aliphatic rings. The van der Waals surface area contributed by atoms with Crippen LogP contribution in [0.5, 0.6) is 5.75 Å². The van der Waals surface area contributed by atoms with Crippen molar-refractivity contribution >= 4 is 15.9 Å². The second-order valence-corrected chi connectivity index (χ2v) is 6.40. The molecule has 19 heavy (non-hydrogen) atoms. The molecule has 1 aliphatic carbocycles. The van der Waals surface area contributed by atoms with Gasteiger partial charge in [0.1, 0.15) is 11.4 Å². The summed E-state index contributed by atoms with van der Waals surface area (Å²) in [6.45, 7) is 6.47. The highest BCUT2D eigenvalue weighted by molar-refractivity contribution is 9.10. The van der Waals surface area contributed by atoms with Crippen molar-refractivity contribution in [1.29, 1.82) is 0 Å². The topological polar surface area (TPSA) is 21.3 Å². The second kappa shape index (κ2) is 6.76. The third-order valence-corrected chi connectivity index (χ3v) is 4.80. The summed E-state index contributed by atoms with van der Waals surface area (Å²) in [6.07, 6.45) is 5.98. The molecule has 0 aliphatic heterocycles. The standard InChI is InChI=1S/C16H24BrNO/c1-3-10-18-11-9-16(7-4-8-16)19-14-5-6-15(17)13(2)12-14/h5-6,12,18H,3-4,7-11H2,1-2H3. The first kappa shape index (κ1) is 14.9. The smallest absolute Gasteiger partial charge is 0.120 e. The van der Waals surface area contributed by atoms with Crippen LogP contribution in [0.3, 0.4) is 0 Å². The molecule has 2 rings (SSSR count). The first-order valence-corrected chi connectivity index (χ1v) is 8.10. The van der Waals surface area contributed by atoms with Gasteiger partial charge in [-0.05, 0) is 75.9 Å². The predicted molar refractivity (Wildman–Crippen MR) is 83.9 cm³/mol. The average molecular weight is 326 g/mol. The summed E-state index contributed by atoms with van der Waals surface area (Å²) in [5, 5.41) is 3.48. The summed E-state index contributed by atoms with van der Waals surface area (Å²) in [4.78, 5) is 0. The molecule has 2 nitrogen and oxygen atoms in total. The molecule has 0 atom stereocenters. The van der Waals surface area contributed by atoms with Crippen LogP contribution in [0.4, 0.5) is 0 Å². The number of nitrogens with one attached hydrogen (secondary N) is 1. The van der Waals surface area contributed by atoms with E-state index in [1.54, 1.807) is 0 Å². The highest BCUT2D eigenvalue weighted by atomic mass is 79.9. The van der Waals surface area contributed by atoms with Crippen molar-refractivity contribution < 1.29 is 4.74 Å². The monoisotopic (exact) mass is 325 g/mol. The molecule has 1 N–H and O–H groups in total. The number of hydrogen-bond acceptors (Lipinski definition) is 2. The van der Waals surface area contributed by atoms with Gasteiger partial charge in [-0.3, -0.25) is 0 Å². The zero-order chi connectivity index (χ0) is 13.7. The molecule has 1 saturated carbocycles. The van der Waals surface area contributed by atoms with E-state index in [2.05, 4.69) is 53.3 Å². The van der Waals surface area contributed by atoms with Gasteiger partial charge in [0.25, 0.3) is 0 Å². The van der Waals surface area contributed by atoms with Crippen molar-refractivity contribution in [2.75, 3.05) is 13.1 Å². The zero-order valence-electron chi connectivity index (χ0n) is 12.0. The lowest BCUT2D eigenvalue weighted by molar-refractivity contribution is -0.0142. The molecule has 1 fully saturated rings. The van der Waals surface area contributed by atoms with Crippen molar-refractivity contribution in [3.8, 4) is 5.75 Å². The Bertz CT molecular complexity index is 415. The normalized spacial score (nSPS) is 17.0. The van der Waals surface area contributed by atoms with Gasteiger partial charge in [-0.1, -0.05) is 22.9 Å². The van der Waals surface area contributed by atoms with E-state index in [0.29, 0.717) is 0 Å². The number of benzene rings is 1. The van der Waals surface area contributed by atoms with Crippen molar-refractivity contribution in [3.05, 3.63) is 28.2 Å². The van der Waals surface area contributed by atoms with E-state index < -0.39 is 0 Å². The van der Waals surface area contributed by atoms with Gasteiger partial charge < -0.3 is 10.1 Å². The van der Waals surface area contributed by atoms with E-state index in [1.807, 2.05) is 0 Å². The second-order valence-electron chi connectivity index (χ2n) is 5.55. The molecule has 0 amide bonds. The van der Waals surface area contributed by atoms with E-state index in [-0.39, 0.29) is 5.60 Å². The van der Waals surface area contributed by atoms with Crippen LogP contribution < -0.4 is 10.1 Å². The van der Waals surface area contributed by atoms with Crippen molar-refractivity contribution in [1.82, 2.24) is 5.32 Å². The van der Waals surface area contributed by atoms with Gasteiger partial charge in [-0.2, -0.15) is 0 Å². The average Bonchev–Trinajstić information content (AvgIpc) is 2.35. The van der Waals surface area contributed by atoms with E-state index in [4.69, 9.17) is 4.74 Å². The van der Waals surface area contributed by atoms with Gasteiger partial charge in [0.15, 0.2) is 0 Å². The molecule has 0 spiro atoms. The molecule has 0 aromatic heterocycles. The Morgan fingerprint density at radius 2 is 2.11 bits per heavy atom. The number of aryl methyl sites for hydroxylation is 1. The Balaban J connectivity index is 1.92. The van der Waals surface area contributed by atoms with Crippen LogP contribution in [-0.2, 0) is 0 Å². The molecule has 0 heterocycles. The van der Waals surface area contributed by atoms with E-state index in [0.717, 1.165) is 29.7 Å². The summed E-state index contributed by atoms with van der Waals surface area (Å²) in [6, 6.07) is 6.27. The Morgan fingerprint density at radius 3 is 2.68 bits per heavy atom. The summed E-state index contributed by atoms with van der Waals surface area (Å²) in [5.41, 5.74) is 1.32. The molecule has 1 aromatic rings. The van der Waals surface area contributed by atoms with Gasteiger partial charge in [-0.15, -0.1) is 0 Å². The fourth-order valence-electron chi connectivity index (χ4n) is 2.52. The molecular formula is C16H24BrNO. The lowest BCUT2D eigenvalue weighted by Gasteiger charge is -2.42. The minimum atomic E-state index is 0.0843. The van der Waals surface area contributed by atoms with E-state index in [1.165, 1.54) is 31.2 Å².